The van der Waals surface area contributed by atoms with Gasteiger partial charge in [-0.1, -0.05) is 24.3 Å². The summed E-state index contributed by atoms with van der Waals surface area (Å²) in [4.78, 5) is 4.55. The molecule has 3 rings (SSSR count). The standard InChI is InChI=1S/C16H16N2O3S/c1-12-18-15-11-13(7-8-16(15)21-12)9-10-17-22(19,20)14-5-3-2-4-6-14/h2-8,11,17H,9-10H2,1H3. The van der Waals surface area contributed by atoms with Gasteiger partial charge in [-0.15, -0.1) is 0 Å². The van der Waals surface area contributed by atoms with E-state index in [1.165, 1.54) is 0 Å². The Kier molecular flexibility index (Phi) is 3.96. The molecule has 1 N–H and O–H groups in total. The molecule has 0 bridgehead atoms. The normalized spacial score (nSPS) is 11.9. The Balaban J connectivity index is 1.67. The molecule has 0 aliphatic carbocycles. The molecule has 0 aliphatic rings. The second-order valence-electron chi connectivity index (χ2n) is 5.00. The fourth-order valence-electron chi connectivity index (χ4n) is 2.26. The lowest BCUT2D eigenvalue weighted by Gasteiger charge is -2.06. The minimum Gasteiger partial charge on any atom is -0.441 e. The minimum atomic E-state index is -3.45. The zero-order chi connectivity index (χ0) is 15.6. The van der Waals surface area contributed by atoms with Crippen LogP contribution in [0.4, 0.5) is 0 Å². The highest BCUT2D eigenvalue weighted by atomic mass is 32.2. The van der Waals surface area contributed by atoms with Gasteiger partial charge in [0.1, 0.15) is 5.52 Å². The minimum absolute atomic E-state index is 0.276. The lowest BCUT2D eigenvalue weighted by Crippen LogP contribution is -2.25. The summed E-state index contributed by atoms with van der Waals surface area (Å²) >= 11 is 0. The van der Waals surface area contributed by atoms with Crippen LogP contribution < -0.4 is 4.72 Å². The van der Waals surface area contributed by atoms with Crippen molar-refractivity contribution in [1.29, 1.82) is 0 Å². The van der Waals surface area contributed by atoms with E-state index in [1.807, 2.05) is 18.2 Å². The largest absolute Gasteiger partial charge is 0.441 e. The highest BCUT2D eigenvalue weighted by Crippen LogP contribution is 2.17. The van der Waals surface area contributed by atoms with Crippen molar-refractivity contribution in [1.82, 2.24) is 9.71 Å². The molecule has 0 amide bonds. The summed E-state index contributed by atoms with van der Waals surface area (Å²) in [6.07, 6.45) is 0.591. The van der Waals surface area contributed by atoms with Crippen molar-refractivity contribution in [3.63, 3.8) is 0 Å². The van der Waals surface area contributed by atoms with Crippen molar-refractivity contribution >= 4 is 21.1 Å². The highest BCUT2D eigenvalue weighted by Gasteiger charge is 2.12. The van der Waals surface area contributed by atoms with Crippen LogP contribution in [-0.4, -0.2) is 19.9 Å². The third-order valence-corrected chi connectivity index (χ3v) is 4.80. The summed E-state index contributed by atoms with van der Waals surface area (Å²) in [7, 11) is -3.45. The molecule has 0 spiro atoms. The lowest BCUT2D eigenvalue weighted by molar-refractivity contribution is 0.561. The lowest BCUT2D eigenvalue weighted by atomic mass is 10.1. The summed E-state index contributed by atoms with van der Waals surface area (Å²) in [5, 5.41) is 0. The van der Waals surface area contributed by atoms with Gasteiger partial charge < -0.3 is 4.42 Å². The number of aromatic nitrogens is 1. The molecule has 0 aliphatic heterocycles. The molecular weight excluding hydrogens is 300 g/mol. The fraction of sp³-hybridized carbons (Fsp3) is 0.188. The van der Waals surface area contributed by atoms with Gasteiger partial charge >= 0.3 is 0 Å². The van der Waals surface area contributed by atoms with Crippen molar-refractivity contribution in [3.05, 3.63) is 60.0 Å². The van der Waals surface area contributed by atoms with Crippen LogP contribution >= 0.6 is 0 Å². The van der Waals surface area contributed by atoms with E-state index in [1.54, 1.807) is 37.3 Å². The molecule has 0 fully saturated rings. The molecule has 114 valence electrons. The van der Waals surface area contributed by atoms with E-state index >= 15 is 0 Å². The smallest absolute Gasteiger partial charge is 0.240 e. The number of oxazole rings is 1. The fourth-order valence-corrected chi connectivity index (χ4v) is 3.31. The number of hydrogen-bond donors (Lipinski definition) is 1. The van der Waals surface area contributed by atoms with Gasteiger partial charge in [0.05, 0.1) is 4.90 Å². The van der Waals surface area contributed by atoms with E-state index in [0.29, 0.717) is 18.9 Å². The van der Waals surface area contributed by atoms with E-state index in [9.17, 15) is 8.42 Å². The van der Waals surface area contributed by atoms with Crippen molar-refractivity contribution in [2.24, 2.45) is 0 Å². The number of hydrogen-bond acceptors (Lipinski definition) is 4. The summed E-state index contributed by atoms with van der Waals surface area (Å²) in [5.74, 6) is 0.622. The first-order valence-electron chi connectivity index (χ1n) is 6.95. The van der Waals surface area contributed by atoms with Gasteiger partial charge in [-0.2, -0.15) is 0 Å². The number of rotatable bonds is 5. The highest BCUT2D eigenvalue weighted by molar-refractivity contribution is 7.89. The monoisotopic (exact) mass is 316 g/mol. The molecule has 1 aromatic heterocycles. The third kappa shape index (κ3) is 3.18. The maximum Gasteiger partial charge on any atom is 0.240 e. The molecule has 0 atom stereocenters. The Hall–Kier alpha value is -2.18. The van der Waals surface area contributed by atoms with Gasteiger partial charge in [-0.25, -0.2) is 18.1 Å². The van der Waals surface area contributed by atoms with E-state index in [4.69, 9.17) is 4.42 Å². The van der Waals surface area contributed by atoms with E-state index in [0.717, 1.165) is 16.7 Å². The summed E-state index contributed by atoms with van der Waals surface area (Å²) < 4.78 is 32.2. The maximum atomic E-state index is 12.1. The number of nitrogens with zero attached hydrogens (tertiary/aromatic N) is 1. The van der Waals surface area contributed by atoms with Crippen LogP contribution in [0, 0.1) is 6.92 Å². The molecular formula is C16H16N2O3S. The topological polar surface area (TPSA) is 72.2 Å². The second-order valence-corrected chi connectivity index (χ2v) is 6.76. The van der Waals surface area contributed by atoms with Crippen molar-refractivity contribution in [2.45, 2.75) is 18.2 Å². The van der Waals surface area contributed by atoms with Crippen molar-refractivity contribution in [2.75, 3.05) is 6.54 Å². The average molecular weight is 316 g/mol. The number of fused-ring (bicyclic) bond motifs is 1. The van der Waals surface area contributed by atoms with Crippen LogP contribution in [0.1, 0.15) is 11.5 Å². The van der Waals surface area contributed by atoms with Crippen molar-refractivity contribution < 1.29 is 12.8 Å². The zero-order valence-electron chi connectivity index (χ0n) is 12.1. The second kappa shape index (κ2) is 5.90. The quantitative estimate of drug-likeness (QED) is 0.785. The van der Waals surface area contributed by atoms with Crippen LogP contribution in [0.2, 0.25) is 0 Å². The molecule has 0 saturated heterocycles. The molecule has 5 nitrogen and oxygen atoms in total. The van der Waals surface area contributed by atoms with E-state index in [-0.39, 0.29) is 4.90 Å². The van der Waals surface area contributed by atoms with Crippen LogP contribution in [0.25, 0.3) is 11.1 Å². The average Bonchev–Trinajstić information content (AvgIpc) is 2.87. The van der Waals surface area contributed by atoms with E-state index < -0.39 is 10.0 Å². The summed E-state index contributed by atoms with van der Waals surface area (Å²) in [5.41, 5.74) is 2.54. The zero-order valence-corrected chi connectivity index (χ0v) is 12.9. The van der Waals surface area contributed by atoms with Gasteiger partial charge in [0.2, 0.25) is 10.0 Å². The number of sulfonamides is 1. The van der Waals surface area contributed by atoms with Gasteiger partial charge in [-0.3, -0.25) is 0 Å². The predicted octanol–water partition coefficient (Wildman–Crippen LogP) is 2.66. The molecule has 6 heteroatoms. The molecule has 22 heavy (non-hydrogen) atoms. The summed E-state index contributed by atoms with van der Waals surface area (Å²) in [6.45, 7) is 2.13. The first kappa shape index (κ1) is 14.7. The van der Waals surface area contributed by atoms with Gasteiger partial charge in [-0.05, 0) is 36.2 Å². The van der Waals surface area contributed by atoms with Crippen LogP contribution in [0.5, 0.6) is 0 Å². The SMILES string of the molecule is Cc1nc2cc(CCNS(=O)(=O)c3ccccc3)ccc2o1. The Morgan fingerprint density at radius 3 is 2.68 bits per heavy atom. The van der Waals surface area contributed by atoms with Crippen LogP contribution in [0.3, 0.4) is 0 Å². The van der Waals surface area contributed by atoms with E-state index in [2.05, 4.69) is 9.71 Å². The van der Waals surface area contributed by atoms with Gasteiger partial charge in [0.25, 0.3) is 0 Å². The Morgan fingerprint density at radius 1 is 1.14 bits per heavy atom. The first-order valence-corrected chi connectivity index (χ1v) is 8.44. The molecule has 0 saturated carbocycles. The Labute approximate surface area is 129 Å². The predicted molar refractivity (Wildman–Crippen MR) is 84.1 cm³/mol. The molecule has 0 unspecified atom stereocenters. The first-order chi connectivity index (χ1) is 10.5. The number of nitrogens with one attached hydrogen (secondary N) is 1. The Morgan fingerprint density at radius 2 is 1.91 bits per heavy atom. The third-order valence-electron chi connectivity index (χ3n) is 3.32. The van der Waals surface area contributed by atoms with Crippen LogP contribution in [0.15, 0.2) is 57.8 Å². The molecule has 3 aromatic rings. The molecule has 0 radical (unpaired) electrons. The molecule has 2 aromatic carbocycles. The van der Waals surface area contributed by atoms with Crippen molar-refractivity contribution in [3.8, 4) is 0 Å². The van der Waals surface area contributed by atoms with Gasteiger partial charge in [0.15, 0.2) is 11.5 Å². The maximum absolute atomic E-state index is 12.1. The molecule has 1 heterocycles. The van der Waals surface area contributed by atoms with Crippen LogP contribution in [-0.2, 0) is 16.4 Å². The number of benzene rings is 2. The van der Waals surface area contributed by atoms with Gasteiger partial charge in [0, 0.05) is 13.5 Å². The summed E-state index contributed by atoms with van der Waals surface area (Å²) in [6, 6.07) is 14.0. The Bertz CT molecular complexity index is 886. The number of aryl methyl sites for hydroxylation is 1.